The van der Waals surface area contributed by atoms with E-state index in [1.165, 1.54) is 18.4 Å². The summed E-state index contributed by atoms with van der Waals surface area (Å²) in [7, 11) is 1.33. The van der Waals surface area contributed by atoms with Crippen LogP contribution in [-0.4, -0.2) is 24.0 Å². The monoisotopic (exact) mass is 438 g/mol. The number of rotatable bonds is 4. The summed E-state index contributed by atoms with van der Waals surface area (Å²) in [5.74, 6) is -0.791. The molecule has 0 fully saturated rings. The van der Waals surface area contributed by atoms with E-state index < -0.39 is 5.97 Å². The lowest BCUT2D eigenvalue weighted by Gasteiger charge is -2.11. The highest BCUT2D eigenvalue weighted by atomic mass is 32.1. The van der Waals surface area contributed by atoms with E-state index in [1.807, 2.05) is 78.9 Å². The standard InChI is InChI=1S/C26H18N2O3S/c1-31-26(30)24-23(18-12-6-8-14-22(18)32-24)28-25(29)19-15-21(16-9-3-2-4-10-16)27-20-13-7-5-11-17(19)20/h2-15H,1H3,(H,28,29). The summed E-state index contributed by atoms with van der Waals surface area (Å²) in [5.41, 5.74) is 3.30. The fourth-order valence-corrected chi connectivity index (χ4v) is 4.78. The molecule has 0 aliphatic rings. The van der Waals surface area contributed by atoms with Crippen LogP contribution in [0, 0.1) is 0 Å². The molecule has 0 bridgehead atoms. The molecule has 1 amide bonds. The number of nitrogens with one attached hydrogen (secondary N) is 1. The molecule has 0 aliphatic heterocycles. The second-order valence-corrected chi connectivity index (χ2v) is 8.24. The minimum absolute atomic E-state index is 0.311. The lowest BCUT2D eigenvalue weighted by Crippen LogP contribution is -2.15. The smallest absolute Gasteiger partial charge is 0.350 e. The normalized spacial score (nSPS) is 10.9. The molecule has 0 radical (unpaired) electrons. The Bertz CT molecular complexity index is 1480. The quantitative estimate of drug-likeness (QED) is 0.342. The third-order valence-corrected chi connectivity index (χ3v) is 6.39. The number of fused-ring (bicyclic) bond motifs is 2. The number of para-hydroxylation sites is 1. The van der Waals surface area contributed by atoms with Crippen molar-refractivity contribution in [3.05, 3.63) is 95.4 Å². The van der Waals surface area contributed by atoms with E-state index >= 15 is 0 Å². The molecule has 1 N–H and O–H groups in total. The number of hydrogen-bond acceptors (Lipinski definition) is 5. The van der Waals surface area contributed by atoms with E-state index in [0.29, 0.717) is 21.8 Å². The van der Waals surface area contributed by atoms with E-state index in [9.17, 15) is 9.59 Å². The molecule has 0 aliphatic carbocycles. The molecular formula is C26H18N2O3S. The largest absolute Gasteiger partial charge is 0.465 e. The Morgan fingerprint density at radius 3 is 2.34 bits per heavy atom. The highest BCUT2D eigenvalue weighted by Gasteiger charge is 2.22. The molecule has 0 saturated heterocycles. The van der Waals surface area contributed by atoms with Gasteiger partial charge in [0.05, 0.1) is 29.6 Å². The maximum absolute atomic E-state index is 13.5. The van der Waals surface area contributed by atoms with Gasteiger partial charge in [0.25, 0.3) is 5.91 Å². The van der Waals surface area contributed by atoms with Gasteiger partial charge in [-0.1, -0.05) is 66.7 Å². The molecule has 5 aromatic rings. The lowest BCUT2D eigenvalue weighted by atomic mass is 10.0. The number of esters is 1. The van der Waals surface area contributed by atoms with E-state index in [-0.39, 0.29) is 5.91 Å². The Morgan fingerprint density at radius 2 is 1.56 bits per heavy atom. The molecular weight excluding hydrogens is 420 g/mol. The number of carbonyl (C=O) groups excluding carboxylic acids is 2. The minimum Gasteiger partial charge on any atom is -0.465 e. The predicted octanol–water partition coefficient (Wildman–Crippen LogP) is 6.16. The van der Waals surface area contributed by atoms with Crippen LogP contribution < -0.4 is 5.32 Å². The zero-order chi connectivity index (χ0) is 22.1. The van der Waals surface area contributed by atoms with Crippen molar-refractivity contribution in [3.8, 4) is 11.3 Å². The van der Waals surface area contributed by atoms with Gasteiger partial charge in [0.1, 0.15) is 4.88 Å². The Kier molecular flexibility index (Phi) is 5.13. The Morgan fingerprint density at radius 1 is 0.875 bits per heavy atom. The van der Waals surface area contributed by atoms with Gasteiger partial charge in [0.15, 0.2) is 0 Å². The average molecular weight is 439 g/mol. The summed E-state index contributed by atoms with van der Waals surface area (Å²) in [4.78, 5) is 31.0. The first-order chi connectivity index (χ1) is 15.7. The maximum Gasteiger partial charge on any atom is 0.350 e. The van der Waals surface area contributed by atoms with E-state index in [1.54, 1.807) is 6.07 Å². The van der Waals surface area contributed by atoms with Crippen molar-refractivity contribution in [2.75, 3.05) is 12.4 Å². The minimum atomic E-state index is -0.480. The summed E-state index contributed by atoms with van der Waals surface area (Å²) in [6.45, 7) is 0. The SMILES string of the molecule is COC(=O)c1sc2ccccc2c1NC(=O)c1cc(-c2ccccc2)nc2ccccc12. The van der Waals surface area contributed by atoms with Crippen LogP contribution in [-0.2, 0) is 4.74 Å². The van der Waals surface area contributed by atoms with Crippen LogP contribution in [0.2, 0.25) is 0 Å². The van der Waals surface area contributed by atoms with E-state index in [4.69, 9.17) is 9.72 Å². The summed E-state index contributed by atoms with van der Waals surface area (Å²) < 4.78 is 5.85. The van der Waals surface area contributed by atoms with E-state index in [2.05, 4.69) is 5.32 Å². The van der Waals surface area contributed by atoms with Crippen molar-refractivity contribution in [1.82, 2.24) is 4.98 Å². The molecule has 0 unspecified atom stereocenters. The van der Waals surface area contributed by atoms with Gasteiger partial charge in [-0.15, -0.1) is 11.3 Å². The molecule has 0 saturated carbocycles. The Hall–Kier alpha value is -4.03. The highest BCUT2D eigenvalue weighted by molar-refractivity contribution is 7.21. The Labute approximate surface area is 188 Å². The van der Waals surface area contributed by atoms with Gasteiger partial charge in [0, 0.05) is 21.0 Å². The fraction of sp³-hybridized carbons (Fsp3) is 0.0385. The van der Waals surface area contributed by atoms with Gasteiger partial charge in [0.2, 0.25) is 0 Å². The third-order valence-electron chi connectivity index (χ3n) is 5.24. The number of pyridine rings is 1. The Balaban J connectivity index is 1.64. The van der Waals surface area contributed by atoms with Crippen molar-refractivity contribution >= 4 is 49.9 Å². The van der Waals surface area contributed by atoms with Gasteiger partial charge >= 0.3 is 5.97 Å². The van der Waals surface area contributed by atoms with Gasteiger partial charge < -0.3 is 10.1 Å². The summed E-state index contributed by atoms with van der Waals surface area (Å²) in [6.07, 6.45) is 0. The molecule has 0 atom stereocenters. The zero-order valence-electron chi connectivity index (χ0n) is 17.2. The lowest BCUT2D eigenvalue weighted by molar-refractivity contribution is 0.0607. The number of aromatic nitrogens is 1. The first-order valence-electron chi connectivity index (χ1n) is 10.0. The van der Waals surface area contributed by atoms with Crippen molar-refractivity contribution in [1.29, 1.82) is 0 Å². The molecule has 5 rings (SSSR count). The third kappa shape index (κ3) is 3.50. The average Bonchev–Trinajstić information content (AvgIpc) is 3.21. The number of carbonyl (C=O) groups is 2. The number of hydrogen-bond donors (Lipinski definition) is 1. The van der Waals surface area contributed by atoms with Gasteiger partial charge in [-0.2, -0.15) is 0 Å². The molecule has 156 valence electrons. The van der Waals surface area contributed by atoms with Gasteiger partial charge in [-0.3, -0.25) is 4.79 Å². The number of thiophene rings is 1. The second-order valence-electron chi connectivity index (χ2n) is 7.19. The van der Waals surface area contributed by atoms with Crippen LogP contribution >= 0.6 is 11.3 Å². The zero-order valence-corrected chi connectivity index (χ0v) is 18.0. The van der Waals surface area contributed by atoms with Crippen LogP contribution in [0.25, 0.3) is 32.2 Å². The summed E-state index contributed by atoms with van der Waals surface area (Å²) >= 11 is 1.30. The number of benzene rings is 3. The van der Waals surface area contributed by atoms with Crippen molar-refractivity contribution < 1.29 is 14.3 Å². The van der Waals surface area contributed by atoms with Crippen LogP contribution in [0.4, 0.5) is 5.69 Å². The molecule has 3 aromatic carbocycles. The van der Waals surface area contributed by atoms with Crippen LogP contribution in [0.3, 0.4) is 0 Å². The van der Waals surface area contributed by atoms with Crippen LogP contribution in [0.5, 0.6) is 0 Å². The van der Waals surface area contributed by atoms with Crippen molar-refractivity contribution in [2.24, 2.45) is 0 Å². The molecule has 2 heterocycles. The number of amides is 1. The number of ether oxygens (including phenoxy) is 1. The van der Waals surface area contributed by atoms with Gasteiger partial charge in [-0.25, -0.2) is 9.78 Å². The molecule has 5 nitrogen and oxygen atoms in total. The molecule has 32 heavy (non-hydrogen) atoms. The van der Waals surface area contributed by atoms with Crippen molar-refractivity contribution in [2.45, 2.75) is 0 Å². The molecule has 2 aromatic heterocycles. The van der Waals surface area contributed by atoms with E-state index in [0.717, 1.165) is 26.6 Å². The molecule has 0 spiro atoms. The summed E-state index contributed by atoms with van der Waals surface area (Å²) in [5, 5.41) is 4.52. The van der Waals surface area contributed by atoms with Crippen LogP contribution in [0.1, 0.15) is 20.0 Å². The van der Waals surface area contributed by atoms with Crippen LogP contribution in [0.15, 0.2) is 84.9 Å². The number of methoxy groups -OCH3 is 1. The topological polar surface area (TPSA) is 68.3 Å². The maximum atomic E-state index is 13.5. The summed E-state index contributed by atoms with van der Waals surface area (Å²) in [6, 6.07) is 26.6. The second kappa shape index (κ2) is 8.24. The van der Waals surface area contributed by atoms with Crippen molar-refractivity contribution in [3.63, 3.8) is 0 Å². The van der Waals surface area contributed by atoms with Gasteiger partial charge in [-0.05, 0) is 18.2 Å². The fourth-order valence-electron chi connectivity index (χ4n) is 3.71. The molecule has 6 heteroatoms. The number of anilines is 1. The predicted molar refractivity (Wildman–Crippen MR) is 128 cm³/mol. The number of nitrogens with zero attached hydrogens (tertiary/aromatic N) is 1. The first-order valence-corrected chi connectivity index (χ1v) is 10.8. The first kappa shape index (κ1) is 19.9. The highest BCUT2D eigenvalue weighted by Crippen LogP contribution is 2.37.